The topological polar surface area (TPSA) is 69.6 Å². The Morgan fingerprint density at radius 3 is 2.15 bits per heavy atom. The van der Waals surface area contributed by atoms with Gasteiger partial charge in [0.1, 0.15) is 0 Å². The number of nitrogens with one attached hydrogen (secondary N) is 1. The van der Waals surface area contributed by atoms with Gasteiger partial charge in [-0.1, -0.05) is 0 Å². The number of carbonyl (C=O) groups is 2. The molecule has 1 atom stereocenters. The van der Waals surface area contributed by atoms with Crippen molar-refractivity contribution in [3.8, 4) is 0 Å². The van der Waals surface area contributed by atoms with Crippen molar-refractivity contribution in [2.45, 2.75) is 24.6 Å². The maximum atomic E-state index is 11.3. The third-order valence-corrected chi connectivity index (χ3v) is 6.55. The fourth-order valence-electron chi connectivity index (χ4n) is 0.540. The molecule has 0 aromatic heterocycles. The van der Waals surface area contributed by atoms with E-state index >= 15 is 0 Å². The van der Waals surface area contributed by atoms with Gasteiger partial charge < -0.3 is 0 Å². The van der Waals surface area contributed by atoms with Crippen LogP contribution in [0.2, 0.25) is 11.6 Å². The summed E-state index contributed by atoms with van der Waals surface area (Å²) >= 11 is 0.189. The minimum absolute atomic E-state index is 0.0943. The maximum absolute atomic E-state index is 11.3. The average molecular weight is 318 g/mol. The summed E-state index contributed by atoms with van der Waals surface area (Å²) in [7, 11) is 0. The zero-order chi connectivity index (χ0) is 10.4. The molecule has 0 saturated carbocycles. The molecule has 0 aliphatic rings. The number of amides is 2. The van der Waals surface area contributed by atoms with Crippen LogP contribution in [0, 0.1) is 0 Å². The Balaban J connectivity index is 4.05. The van der Waals surface area contributed by atoms with E-state index in [1.54, 1.807) is 2.93 Å². The molecule has 0 saturated heterocycles. The zero-order valence-corrected chi connectivity index (χ0v) is 11.0. The molecular formula is C6H12N2O3Se2. The number of carboxylic acids is 1. The molecule has 0 spiro atoms. The van der Waals surface area contributed by atoms with Gasteiger partial charge >= 0.3 is 89.9 Å². The van der Waals surface area contributed by atoms with Crippen LogP contribution in [0.4, 0.5) is 4.79 Å². The van der Waals surface area contributed by atoms with Crippen molar-refractivity contribution in [2.75, 3.05) is 0 Å². The van der Waals surface area contributed by atoms with Crippen molar-refractivity contribution in [1.29, 1.82) is 0 Å². The predicted octanol–water partition coefficient (Wildman–Crippen LogP) is -0.194. The van der Waals surface area contributed by atoms with Gasteiger partial charge in [0, 0.05) is 0 Å². The molecule has 2 N–H and O–H groups in total. The second-order valence-electron chi connectivity index (χ2n) is 2.13. The molecule has 0 bridgehead atoms. The van der Waals surface area contributed by atoms with E-state index in [1.807, 2.05) is 11.6 Å². The third kappa shape index (κ3) is 4.52. The summed E-state index contributed by atoms with van der Waals surface area (Å²) in [6, 6.07) is -1.10. The molecule has 0 rings (SSSR count). The molecule has 0 aromatic rings. The second-order valence-corrected chi connectivity index (χ2v) is 6.37. The van der Waals surface area contributed by atoms with Crippen molar-refractivity contribution in [1.82, 2.24) is 8.25 Å². The first-order chi connectivity index (χ1) is 6.02. The standard InChI is InChI=1S/C6H12N2O3Se2/c1-4(5(9)10)7-6(11)8(12-2)13-3/h4H,1-3H3,(H,7,11)(H,9,10). The predicted molar refractivity (Wildman–Crippen MR) is 50.7 cm³/mol. The van der Waals surface area contributed by atoms with E-state index in [4.69, 9.17) is 5.11 Å². The Morgan fingerprint density at radius 1 is 1.38 bits per heavy atom. The molecule has 1 unspecified atom stereocenters. The van der Waals surface area contributed by atoms with Crippen LogP contribution >= 0.6 is 0 Å². The first-order valence-corrected chi connectivity index (χ1v) is 8.40. The molecule has 0 aliphatic carbocycles. The van der Waals surface area contributed by atoms with Crippen molar-refractivity contribution >= 4 is 42.4 Å². The van der Waals surface area contributed by atoms with E-state index in [9.17, 15) is 9.59 Å². The van der Waals surface area contributed by atoms with Gasteiger partial charge in [-0.05, 0) is 0 Å². The van der Waals surface area contributed by atoms with Crippen LogP contribution in [-0.4, -0.2) is 56.4 Å². The van der Waals surface area contributed by atoms with Crippen molar-refractivity contribution < 1.29 is 14.7 Å². The number of rotatable bonds is 4. The average Bonchev–Trinajstić information content (AvgIpc) is 2.06. The number of hydrogen-bond acceptors (Lipinski definition) is 2. The van der Waals surface area contributed by atoms with Crippen LogP contribution in [-0.2, 0) is 4.79 Å². The number of hydrogen-bond donors (Lipinski definition) is 2. The molecule has 0 aliphatic heterocycles. The zero-order valence-electron chi connectivity index (χ0n) is 7.60. The molecule has 13 heavy (non-hydrogen) atoms. The number of carboxylic acid groups (broad SMARTS) is 1. The summed E-state index contributed by atoms with van der Waals surface area (Å²) in [6.45, 7) is 1.45. The summed E-state index contributed by atoms with van der Waals surface area (Å²) in [5.74, 6) is 2.83. The molecule has 76 valence electrons. The molecule has 0 fully saturated rings. The molecule has 0 aromatic carbocycles. The Labute approximate surface area is 90.0 Å². The SMILES string of the molecule is C[Se]N([Se]C)C(=O)NC(C)C(=O)O. The normalized spacial score (nSPS) is 11.9. The number of urea groups is 1. The van der Waals surface area contributed by atoms with E-state index in [0.29, 0.717) is 0 Å². The van der Waals surface area contributed by atoms with E-state index in [1.165, 1.54) is 6.92 Å². The second kappa shape index (κ2) is 6.27. The van der Waals surface area contributed by atoms with Gasteiger partial charge in [0.05, 0.1) is 0 Å². The van der Waals surface area contributed by atoms with Crippen LogP contribution < -0.4 is 5.32 Å². The Bertz CT molecular complexity index is 196. The summed E-state index contributed by atoms with van der Waals surface area (Å²) in [6.07, 6.45) is 0. The Kier molecular flexibility index (Phi) is 6.16. The monoisotopic (exact) mass is 320 g/mol. The van der Waals surface area contributed by atoms with E-state index < -0.39 is 12.0 Å². The van der Waals surface area contributed by atoms with E-state index in [2.05, 4.69) is 5.32 Å². The van der Waals surface area contributed by atoms with Crippen LogP contribution in [0.15, 0.2) is 0 Å². The van der Waals surface area contributed by atoms with Crippen molar-refractivity contribution in [3.05, 3.63) is 0 Å². The first kappa shape index (κ1) is 12.8. The van der Waals surface area contributed by atoms with Gasteiger partial charge in [0.2, 0.25) is 0 Å². The first-order valence-electron chi connectivity index (χ1n) is 3.44. The summed E-state index contributed by atoms with van der Waals surface area (Å²) < 4.78 is 1.65. The fraction of sp³-hybridized carbons (Fsp3) is 0.667. The number of nitrogens with zero attached hydrogens (tertiary/aromatic N) is 1. The van der Waals surface area contributed by atoms with Gasteiger partial charge in [-0.25, -0.2) is 0 Å². The van der Waals surface area contributed by atoms with Crippen LogP contribution in [0.25, 0.3) is 0 Å². The van der Waals surface area contributed by atoms with Crippen molar-refractivity contribution in [2.24, 2.45) is 0 Å². The quantitative estimate of drug-likeness (QED) is 0.706. The Morgan fingerprint density at radius 2 is 1.85 bits per heavy atom. The Hall–Kier alpha value is -0.221. The molecule has 0 radical (unpaired) electrons. The summed E-state index contributed by atoms with van der Waals surface area (Å²) in [5.41, 5.74) is 0. The van der Waals surface area contributed by atoms with Crippen molar-refractivity contribution in [3.63, 3.8) is 0 Å². The summed E-state index contributed by atoms with van der Waals surface area (Å²) in [5, 5.41) is 10.9. The van der Waals surface area contributed by atoms with Gasteiger partial charge in [-0.15, -0.1) is 0 Å². The molecular weight excluding hydrogens is 306 g/mol. The third-order valence-electron chi connectivity index (χ3n) is 1.21. The molecule has 0 heterocycles. The fourth-order valence-corrected chi connectivity index (χ4v) is 3.39. The van der Waals surface area contributed by atoms with E-state index in [-0.39, 0.29) is 36.4 Å². The van der Waals surface area contributed by atoms with Crippen LogP contribution in [0.5, 0.6) is 0 Å². The minimum atomic E-state index is -1.01. The number of aliphatic carboxylic acids is 1. The van der Waals surface area contributed by atoms with Crippen LogP contribution in [0.1, 0.15) is 6.92 Å². The molecule has 2 amide bonds. The molecule has 7 heteroatoms. The summed E-state index contributed by atoms with van der Waals surface area (Å²) in [4.78, 5) is 21.7. The van der Waals surface area contributed by atoms with Gasteiger partial charge in [-0.2, -0.15) is 0 Å². The van der Waals surface area contributed by atoms with Gasteiger partial charge in [0.25, 0.3) is 0 Å². The van der Waals surface area contributed by atoms with Crippen LogP contribution in [0.3, 0.4) is 0 Å². The number of carbonyl (C=O) groups excluding carboxylic acids is 1. The molecule has 5 nitrogen and oxygen atoms in total. The van der Waals surface area contributed by atoms with Gasteiger partial charge in [-0.3, -0.25) is 0 Å². The van der Waals surface area contributed by atoms with E-state index in [0.717, 1.165) is 0 Å². The van der Waals surface area contributed by atoms with Gasteiger partial charge in [0.15, 0.2) is 0 Å².